The highest BCUT2D eigenvalue weighted by molar-refractivity contribution is 5.71. The molecule has 0 fully saturated rings. The number of carbonyl (C=O) groups excluding carboxylic acids is 3. The SMILES string of the molecule is CCCCCCCC/C=C\C/C=C\C/C=C\CCCC(=O)OC[C@@H](COC(=O)CCCCCCCCCCC/C=C\CCCCCCCC)OC(=O)CCCCCCCCCCCCCCC. The van der Waals surface area contributed by atoms with Crippen LogP contribution in [0.15, 0.2) is 48.6 Å². The first-order valence-corrected chi connectivity index (χ1v) is 29.1. The molecular weight excluding hydrogens is 829 g/mol. The summed E-state index contributed by atoms with van der Waals surface area (Å²) in [6.07, 6.45) is 68.2. The summed E-state index contributed by atoms with van der Waals surface area (Å²) in [6.45, 7) is 6.62. The molecule has 0 aromatic heterocycles. The van der Waals surface area contributed by atoms with Gasteiger partial charge in [0.15, 0.2) is 6.10 Å². The molecule has 0 bridgehead atoms. The van der Waals surface area contributed by atoms with Crippen molar-refractivity contribution in [2.24, 2.45) is 0 Å². The van der Waals surface area contributed by atoms with Crippen LogP contribution in [0, 0.1) is 0 Å². The monoisotopic (exact) mass is 939 g/mol. The van der Waals surface area contributed by atoms with Crippen molar-refractivity contribution in [2.45, 2.75) is 309 Å². The molecule has 0 unspecified atom stereocenters. The molecule has 0 amide bonds. The molecule has 390 valence electrons. The number of carbonyl (C=O) groups is 3. The highest BCUT2D eigenvalue weighted by Gasteiger charge is 2.19. The van der Waals surface area contributed by atoms with E-state index in [1.54, 1.807) is 0 Å². The molecule has 0 aromatic carbocycles. The van der Waals surface area contributed by atoms with E-state index in [9.17, 15) is 14.4 Å². The Morgan fingerprint density at radius 1 is 0.299 bits per heavy atom. The summed E-state index contributed by atoms with van der Waals surface area (Å²) in [5.41, 5.74) is 0. The quantitative estimate of drug-likeness (QED) is 0.0262. The third kappa shape index (κ3) is 54.2. The zero-order valence-electron chi connectivity index (χ0n) is 44.7. The summed E-state index contributed by atoms with van der Waals surface area (Å²) in [5, 5.41) is 0. The minimum absolute atomic E-state index is 0.0868. The molecule has 0 aliphatic rings. The first-order valence-electron chi connectivity index (χ1n) is 29.1. The van der Waals surface area contributed by atoms with Crippen molar-refractivity contribution in [2.75, 3.05) is 13.2 Å². The second kappa shape index (κ2) is 56.0. The Hall–Kier alpha value is -2.63. The van der Waals surface area contributed by atoms with E-state index in [0.717, 1.165) is 57.8 Å². The second-order valence-corrected chi connectivity index (χ2v) is 19.6. The van der Waals surface area contributed by atoms with Gasteiger partial charge < -0.3 is 14.2 Å². The number of allylic oxidation sites excluding steroid dienone is 8. The van der Waals surface area contributed by atoms with Crippen LogP contribution in [-0.4, -0.2) is 37.2 Å². The normalized spacial score (nSPS) is 12.3. The minimum Gasteiger partial charge on any atom is -0.462 e. The Morgan fingerprint density at radius 3 is 0.910 bits per heavy atom. The minimum atomic E-state index is -0.791. The fourth-order valence-corrected chi connectivity index (χ4v) is 8.40. The Bertz CT molecular complexity index is 1170. The first-order chi connectivity index (χ1) is 33.0. The van der Waals surface area contributed by atoms with E-state index in [4.69, 9.17) is 14.2 Å². The lowest BCUT2D eigenvalue weighted by Crippen LogP contribution is -2.30. The fourth-order valence-electron chi connectivity index (χ4n) is 8.40. The van der Waals surface area contributed by atoms with Gasteiger partial charge in [-0.2, -0.15) is 0 Å². The highest BCUT2D eigenvalue weighted by atomic mass is 16.6. The Balaban J connectivity index is 4.39. The molecule has 0 saturated carbocycles. The van der Waals surface area contributed by atoms with Gasteiger partial charge in [0.1, 0.15) is 13.2 Å². The summed E-state index contributed by atoms with van der Waals surface area (Å²) in [6, 6.07) is 0. The van der Waals surface area contributed by atoms with Gasteiger partial charge in [0.05, 0.1) is 0 Å². The topological polar surface area (TPSA) is 78.9 Å². The molecule has 0 rings (SSSR count). The van der Waals surface area contributed by atoms with E-state index in [-0.39, 0.29) is 31.1 Å². The molecular formula is C61H110O6. The maximum atomic E-state index is 12.8. The van der Waals surface area contributed by atoms with E-state index in [0.29, 0.717) is 25.7 Å². The van der Waals surface area contributed by atoms with Crippen LogP contribution in [-0.2, 0) is 28.6 Å². The number of hydrogen-bond acceptors (Lipinski definition) is 6. The standard InChI is InChI=1S/C61H110O6/c1-4-7-10-13-16-19-22-25-27-29-30-32-34-37-39-42-45-48-51-54-60(63)66-57-58(67-61(64)55-52-49-46-43-40-35-24-21-18-15-12-9-6-3)56-65-59(62)53-50-47-44-41-38-36-33-31-28-26-23-20-17-14-11-8-5-2/h25-28,33,36,41,44,58H,4-24,29-32,34-35,37-40,42-43,45-57H2,1-3H3/b27-25-,28-26-,36-33-,44-41-/t58-/m0/s1. The lowest BCUT2D eigenvalue weighted by atomic mass is 10.0. The Kier molecular flexibility index (Phi) is 53.8. The van der Waals surface area contributed by atoms with Gasteiger partial charge in [-0.15, -0.1) is 0 Å². The largest absolute Gasteiger partial charge is 0.462 e. The molecule has 0 aromatic rings. The maximum Gasteiger partial charge on any atom is 0.306 e. The predicted octanol–water partition coefficient (Wildman–Crippen LogP) is 19.4. The van der Waals surface area contributed by atoms with Crippen LogP contribution in [0.2, 0.25) is 0 Å². The van der Waals surface area contributed by atoms with Crippen molar-refractivity contribution in [3.8, 4) is 0 Å². The van der Waals surface area contributed by atoms with Gasteiger partial charge in [-0.05, 0) is 77.0 Å². The van der Waals surface area contributed by atoms with Crippen LogP contribution in [0.25, 0.3) is 0 Å². The number of unbranched alkanes of at least 4 members (excludes halogenated alkanes) is 34. The van der Waals surface area contributed by atoms with Gasteiger partial charge in [-0.1, -0.05) is 256 Å². The van der Waals surface area contributed by atoms with Crippen LogP contribution >= 0.6 is 0 Å². The molecule has 6 heteroatoms. The Morgan fingerprint density at radius 2 is 0.552 bits per heavy atom. The molecule has 0 radical (unpaired) electrons. The van der Waals surface area contributed by atoms with Gasteiger partial charge in [-0.25, -0.2) is 0 Å². The lowest BCUT2D eigenvalue weighted by Gasteiger charge is -2.18. The van der Waals surface area contributed by atoms with Crippen molar-refractivity contribution >= 4 is 17.9 Å². The van der Waals surface area contributed by atoms with Crippen molar-refractivity contribution in [1.82, 2.24) is 0 Å². The van der Waals surface area contributed by atoms with Crippen LogP contribution in [0.1, 0.15) is 303 Å². The third-order valence-corrected chi connectivity index (χ3v) is 12.8. The summed E-state index contributed by atoms with van der Waals surface area (Å²) in [4.78, 5) is 38.1. The molecule has 0 saturated heterocycles. The zero-order chi connectivity index (χ0) is 48.6. The van der Waals surface area contributed by atoms with Gasteiger partial charge in [0.25, 0.3) is 0 Å². The smallest absolute Gasteiger partial charge is 0.306 e. The number of ether oxygens (including phenoxy) is 3. The maximum absolute atomic E-state index is 12.8. The fraction of sp³-hybridized carbons (Fsp3) is 0.820. The van der Waals surface area contributed by atoms with Gasteiger partial charge in [0, 0.05) is 19.3 Å². The Labute approximate surface area is 416 Å². The van der Waals surface area contributed by atoms with Crippen LogP contribution < -0.4 is 0 Å². The average Bonchev–Trinajstić information content (AvgIpc) is 3.33. The van der Waals surface area contributed by atoms with Crippen molar-refractivity contribution in [3.05, 3.63) is 48.6 Å². The van der Waals surface area contributed by atoms with E-state index in [1.165, 1.54) is 199 Å². The van der Waals surface area contributed by atoms with Crippen LogP contribution in [0.4, 0.5) is 0 Å². The summed E-state index contributed by atoms with van der Waals surface area (Å²) < 4.78 is 16.8. The number of rotatable bonds is 53. The first kappa shape index (κ1) is 64.4. The number of hydrogen-bond donors (Lipinski definition) is 0. The van der Waals surface area contributed by atoms with Crippen LogP contribution in [0.5, 0.6) is 0 Å². The predicted molar refractivity (Wildman–Crippen MR) is 289 cm³/mol. The van der Waals surface area contributed by atoms with E-state index in [1.807, 2.05) is 0 Å². The van der Waals surface area contributed by atoms with E-state index < -0.39 is 6.10 Å². The van der Waals surface area contributed by atoms with Gasteiger partial charge in [0.2, 0.25) is 0 Å². The average molecular weight is 940 g/mol. The van der Waals surface area contributed by atoms with E-state index >= 15 is 0 Å². The molecule has 0 heterocycles. The molecule has 0 aliphatic heterocycles. The van der Waals surface area contributed by atoms with Crippen molar-refractivity contribution in [1.29, 1.82) is 0 Å². The third-order valence-electron chi connectivity index (χ3n) is 12.8. The van der Waals surface area contributed by atoms with Gasteiger partial charge in [-0.3, -0.25) is 14.4 Å². The van der Waals surface area contributed by atoms with Crippen molar-refractivity contribution in [3.63, 3.8) is 0 Å². The van der Waals surface area contributed by atoms with E-state index in [2.05, 4.69) is 69.4 Å². The summed E-state index contributed by atoms with van der Waals surface area (Å²) in [5.74, 6) is -0.929. The number of esters is 3. The highest BCUT2D eigenvalue weighted by Crippen LogP contribution is 2.16. The van der Waals surface area contributed by atoms with Gasteiger partial charge >= 0.3 is 17.9 Å². The molecule has 1 atom stereocenters. The molecule has 0 N–H and O–H groups in total. The summed E-state index contributed by atoms with van der Waals surface area (Å²) in [7, 11) is 0. The zero-order valence-corrected chi connectivity index (χ0v) is 44.7. The molecule has 67 heavy (non-hydrogen) atoms. The second-order valence-electron chi connectivity index (χ2n) is 19.6. The molecule has 0 aliphatic carbocycles. The molecule has 6 nitrogen and oxygen atoms in total. The van der Waals surface area contributed by atoms with Crippen molar-refractivity contribution < 1.29 is 28.6 Å². The molecule has 0 spiro atoms. The lowest BCUT2D eigenvalue weighted by molar-refractivity contribution is -0.167. The van der Waals surface area contributed by atoms with Crippen LogP contribution in [0.3, 0.4) is 0 Å². The summed E-state index contributed by atoms with van der Waals surface area (Å²) >= 11 is 0.